The average molecular weight is 366 g/mol. The van der Waals surface area contributed by atoms with Gasteiger partial charge in [-0.05, 0) is 73.7 Å². The number of nitrogens with one attached hydrogen (secondary N) is 1. The second kappa shape index (κ2) is 6.92. The molecule has 26 heavy (non-hydrogen) atoms. The summed E-state index contributed by atoms with van der Waals surface area (Å²) in [5.74, 6) is 0.322. The smallest absolute Gasteiger partial charge is 0.263 e. The van der Waals surface area contributed by atoms with Crippen molar-refractivity contribution in [1.82, 2.24) is 4.98 Å². The molecule has 0 fully saturated rings. The third-order valence-electron chi connectivity index (χ3n) is 4.51. The van der Waals surface area contributed by atoms with Crippen molar-refractivity contribution in [3.05, 3.63) is 77.0 Å². The standard InChI is InChI=1S/C21H22N2O2S/c1-14-7-5-9-19(17(14)4)18-11-12-20(15(2)13-18)26(24,25)23-21-10-6-8-16(3)22-21/h5-13H,1-4H3,(H,22,23). The van der Waals surface area contributed by atoms with E-state index < -0.39 is 10.0 Å². The summed E-state index contributed by atoms with van der Waals surface area (Å²) in [7, 11) is -3.69. The lowest BCUT2D eigenvalue weighted by atomic mass is 9.96. The zero-order valence-electron chi connectivity index (χ0n) is 15.4. The molecule has 0 saturated carbocycles. The first-order valence-electron chi connectivity index (χ1n) is 8.41. The average Bonchev–Trinajstić information content (AvgIpc) is 2.56. The van der Waals surface area contributed by atoms with Crippen molar-refractivity contribution in [3.8, 4) is 11.1 Å². The first-order chi connectivity index (χ1) is 12.3. The molecule has 2 aromatic carbocycles. The monoisotopic (exact) mass is 366 g/mol. The second-order valence-corrected chi connectivity index (χ2v) is 8.15. The Morgan fingerprint density at radius 1 is 0.846 bits per heavy atom. The Morgan fingerprint density at radius 3 is 2.27 bits per heavy atom. The molecule has 4 nitrogen and oxygen atoms in total. The highest BCUT2D eigenvalue weighted by Crippen LogP contribution is 2.29. The fourth-order valence-corrected chi connectivity index (χ4v) is 4.20. The quantitative estimate of drug-likeness (QED) is 0.723. The molecule has 0 aliphatic heterocycles. The zero-order chi connectivity index (χ0) is 18.9. The molecule has 1 aromatic heterocycles. The molecule has 0 bridgehead atoms. The summed E-state index contributed by atoms with van der Waals surface area (Å²) in [6, 6.07) is 16.8. The Balaban J connectivity index is 1.98. The van der Waals surface area contributed by atoms with E-state index >= 15 is 0 Å². The van der Waals surface area contributed by atoms with E-state index in [1.54, 1.807) is 18.2 Å². The van der Waals surface area contributed by atoms with Crippen LogP contribution >= 0.6 is 0 Å². The van der Waals surface area contributed by atoms with E-state index in [2.05, 4.69) is 35.7 Å². The molecule has 0 amide bonds. The fraction of sp³-hybridized carbons (Fsp3) is 0.190. The molecule has 0 aliphatic carbocycles. The summed E-state index contributed by atoms with van der Waals surface area (Å²) in [5, 5.41) is 0. The molecule has 134 valence electrons. The third-order valence-corrected chi connectivity index (χ3v) is 6.02. The summed E-state index contributed by atoms with van der Waals surface area (Å²) in [6.07, 6.45) is 0. The van der Waals surface area contributed by atoms with Crippen LogP contribution < -0.4 is 4.72 Å². The highest BCUT2D eigenvalue weighted by Gasteiger charge is 2.18. The normalized spacial score (nSPS) is 11.4. The number of aryl methyl sites for hydroxylation is 3. The van der Waals surface area contributed by atoms with Gasteiger partial charge in [-0.3, -0.25) is 4.72 Å². The number of benzene rings is 2. The Morgan fingerprint density at radius 2 is 1.58 bits per heavy atom. The molecule has 3 rings (SSSR count). The Kier molecular flexibility index (Phi) is 4.83. The van der Waals surface area contributed by atoms with Crippen LogP contribution in [0, 0.1) is 27.7 Å². The lowest BCUT2D eigenvalue weighted by Crippen LogP contribution is -2.15. The van der Waals surface area contributed by atoms with Gasteiger partial charge in [-0.2, -0.15) is 0 Å². The lowest BCUT2D eigenvalue weighted by molar-refractivity contribution is 0.600. The molecule has 5 heteroatoms. The maximum absolute atomic E-state index is 12.8. The number of nitrogens with zero attached hydrogens (tertiary/aromatic N) is 1. The van der Waals surface area contributed by atoms with E-state index in [4.69, 9.17) is 0 Å². The number of anilines is 1. The van der Waals surface area contributed by atoms with Crippen LogP contribution in [0.3, 0.4) is 0 Å². The van der Waals surface area contributed by atoms with Crippen LogP contribution in [0.5, 0.6) is 0 Å². The van der Waals surface area contributed by atoms with Crippen LogP contribution in [0.15, 0.2) is 59.5 Å². The molecular formula is C21H22N2O2S. The van der Waals surface area contributed by atoms with Gasteiger partial charge in [-0.15, -0.1) is 0 Å². The molecule has 0 radical (unpaired) electrons. The largest absolute Gasteiger partial charge is 0.263 e. The van der Waals surface area contributed by atoms with Crippen molar-refractivity contribution < 1.29 is 8.42 Å². The summed E-state index contributed by atoms with van der Waals surface area (Å²) >= 11 is 0. The van der Waals surface area contributed by atoms with Crippen LogP contribution in [0.4, 0.5) is 5.82 Å². The summed E-state index contributed by atoms with van der Waals surface area (Å²) in [4.78, 5) is 4.47. The first kappa shape index (κ1) is 18.1. The van der Waals surface area contributed by atoms with Gasteiger partial charge in [0.1, 0.15) is 5.82 Å². The van der Waals surface area contributed by atoms with Gasteiger partial charge in [0.05, 0.1) is 4.90 Å². The molecule has 1 N–H and O–H groups in total. The number of pyridine rings is 1. The highest BCUT2D eigenvalue weighted by molar-refractivity contribution is 7.92. The minimum atomic E-state index is -3.69. The molecule has 3 aromatic rings. The Labute approximate surface area is 155 Å². The van der Waals surface area contributed by atoms with Crippen molar-refractivity contribution in [3.63, 3.8) is 0 Å². The molecule has 0 saturated heterocycles. The molecule has 0 spiro atoms. The van der Waals surface area contributed by atoms with Crippen LogP contribution in [0.25, 0.3) is 11.1 Å². The SMILES string of the molecule is Cc1cccc(NS(=O)(=O)c2ccc(-c3cccc(C)c3C)cc2C)n1. The zero-order valence-corrected chi connectivity index (χ0v) is 16.2. The predicted octanol–water partition coefficient (Wildman–Crippen LogP) is 4.78. The van der Waals surface area contributed by atoms with Gasteiger partial charge in [0.2, 0.25) is 0 Å². The summed E-state index contributed by atoms with van der Waals surface area (Å²) < 4.78 is 28.1. The van der Waals surface area contributed by atoms with E-state index in [1.165, 1.54) is 11.1 Å². The van der Waals surface area contributed by atoms with Crippen molar-refractivity contribution in [2.45, 2.75) is 32.6 Å². The van der Waals surface area contributed by atoms with Crippen molar-refractivity contribution in [2.75, 3.05) is 4.72 Å². The molecular weight excluding hydrogens is 344 g/mol. The maximum Gasteiger partial charge on any atom is 0.263 e. The van der Waals surface area contributed by atoms with Crippen LogP contribution in [0.1, 0.15) is 22.4 Å². The Bertz CT molecular complexity index is 1070. The van der Waals surface area contributed by atoms with E-state index in [9.17, 15) is 8.42 Å². The highest BCUT2D eigenvalue weighted by atomic mass is 32.2. The van der Waals surface area contributed by atoms with E-state index in [0.29, 0.717) is 11.4 Å². The molecule has 0 unspecified atom stereocenters. The van der Waals surface area contributed by atoms with Gasteiger partial charge in [0.25, 0.3) is 10.0 Å². The van der Waals surface area contributed by atoms with Gasteiger partial charge in [0, 0.05) is 5.69 Å². The minimum Gasteiger partial charge on any atom is -0.263 e. The van der Waals surface area contributed by atoms with E-state index in [-0.39, 0.29) is 4.90 Å². The maximum atomic E-state index is 12.8. The lowest BCUT2D eigenvalue weighted by Gasteiger charge is -2.13. The van der Waals surface area contributed by atoms with Gasteiger partial charge in [-0.1, -0.05) is 36.4 Å². The van der Waals surface area contributed by atoms with Gasteiger partial charge < -0.3 is 0 Å². The van der Waals surface area contributed by atoms with E-state index in [1.807, 2.05) is 38.1 Å². The molecule has 0 atom stereocenters. The summed E-state index contributed by atoms with van der Waals surface area (Å²) in [6.45, 7) is 7.79. The number of sulfonamides is 1. The van der Waals surface area contributed by atoms with Crippen LogP contribution in [-0.4, -0.2) is 13.4 Å². The second-order valence-electron chi connectivity index (χ2n) is 6.50. The first-order valence-corrected chi connectivity index (χ1v) is 9.90. The third kappa shape index (κ3) is 3.63. The topological polar surface area (TPSA) is 59.1 Å². The number of aromatic nitrogens is 1. The Hall–Kier alpha value is -2.66. The molecule has 1 heterocycles. The van der Waals surface area contributed by atoms with Crippen molar-refractivity contribution in [2.24, 2.45) is 0 Å². The van der Waals surface area contributed by atoms with Gasteiger partial charge in [0.15, 0.2) is 0 Å². The number of hydrogen-bond acceptors (Lipinski definition) is 3. The number of hydrogen-bond donors (Lipinski definition) is 1. The number of rotatable bonds is 4. The molecule has 0 aliphatic rings. The summed E-state index contributed by atoms with van der Waals surface area (Å²) in [5.41, 5.74) is 5.99. The minimum absolute atomic E-state index is 0.259. The van der Waals surface area contributed by atoms with Crippen molar-refractivity contribution in [1.29, 1.82) is 0 Å². The predicted molar refractivity (Wildman–Crippen MR) is 106 cm³/mol. The van der Waals surface area contributed by atoms with Gasteiger partial charge >= 0.3 is 0 Å². The van der Waals surface area contributed by atoms with Crippen molar-refractivity contribution >= 4 is 15.8 Å². The fourth-order valence-electron chi connectivity index (χ4n) is 2.97. The van der Waals surface area contributed by atoms with Gasteiger partial charge in [-0.25, -0.2) is 13.4 Å². The van der Waals surface area contributed by atoms with E-state index in [0.717, 1.165) is 16.8 Å². The van der Waals surface area contributed by atoms with Crippen LogP contribution in [0.2, 0.25) is 0 Å². The van der Waals surface area contributed by atoms with Crippen LogP contribution in [-0.2, 0) is 10.0 Å².